The first-order valence-electron chi connectivity index (χ1n) is 3.72. The Bertz CT molecular complexity index is 385. The first-order chi connectivity index (χ1) is 6.59. The van der Waals surface area contributed by atoms with Crippen LogP contribution in [0.2, 0.25) is 0 Å². The van der Waals surface area contributed by atoms with E-state index in [1.54, 1.807) is 12.1 Å². The maximum atomic E-state index is 13.2. The third-order valence-electron chi connectivity index (χ3n) is 1.38. The number of hydrazone groups is 1. The van der Waals surface area contributed by atoms with Crippen LogP contribution >= 0.6 is 15.9 Å². The molecule has 0 aliphatic carbocycles. The van der Waals surface area contributed by atoms with Crippen molar-refractivity contribution >= 4 is 28.1 Å². The molecule has 0 fully saturated rings. The summed E-state index contributed by atoms with van der Waals surface area (Å²) >= 11 is 3.15. The SMILES string of the molecule is NC(N)=N/[NH+]=C/c1ccc(Br)cc1F. The molecule has 0 aromatic heterocycles. The molecule has 0 unspecified atom stereocenters. The van der Waals surface area contributed by atoms with E-state index < -0.39 is 0 Å². The van der Waals surface area contributed by atoms with Crippen LogP contribution in [-0.4, -0.2) is 12.2 Å². The van der Waals surface area contributed by atoms with E-state index in [0.29, 0.717) is 10.0 Å². The van der Waals surface area contributed by atoms with Crippen molar-refractivity contribution in [3.05, 3.63) is 34.1 Å². The summed E-state index contributed by atoms with van der Waals surface area (Å²) in [6.45, 7) is 0. The molecular weight excluding hydrogens is 251 g/mol. The largest absolute Gasteiger partial charge is 0.365 e. The van der Waals surface area contributed by atoms with Crippen LogP contribution in [-0.2, 0) is 0 Å². The lowest BCUT2D eigenvalue weighted by molar-refractivity contribution is -0.456. The molecule has 0 aliphatic heterocycles. The standard InChI is InChI=1S/C8H8BrFN4/c9-6-2-1-5(7(10)3-6)4-13-14-8(11)12/h1-4H,(H4,11,12,14)/p+1/b13-4+. The quantitative estimate of drug-likeness (QED) is 0.372. The van der Waals surface area contributed by atoms with Crippen LogP contribution in [0.3, 0.4) is 0 Å². The fraction of sp³-hybridized carbons (Fsp3) is 0. The molecule has 6 heteroatoms. The van der Waals surface area contributed by atoms with Gasteiger partial charge >= 0.3 is 0 Å². The number of benzene rings is 1. The normalized spacial score (nSPS) is 10.4. The van der Waals surface area contributed by atoms with E-state index in [-0.39, 0.29) is 11.8 Å². The molecule has 1 rings (SSSR count). The second kappa shape index (κ2) is 4.71. The Morgan fingerprint density at radius 1 is 1.50 bits per heavy atom. The first kappa shape index (κ1) is 10.6. The van der Waals surface area contributed by atoms with Crippen LogP contribution in [0.15, 0.2) is 27.8 Å². The van der Waals surface area contributed by atoms with E-state index in [4.69, 9.17) is 11.5 Å². The number of hydrogen-bond acceptors (Lipinski definition) is 1. The number of hydrogen-bond donors (Lipinski definition) is 3. The number of nitrogens with one attached hydrogen (secondary N) is 1. The van der Waals surface area contributed by atoms with Crippen LogP contribution in [0.4, 0.5) is 4.39 Å². The summed E-state index contributed by atoms with van der Waals surface area (Å²) in [5.74, 6) is -0.476. The Balaban J connectivity index is 2.87. The maximum absolute atomic E-state index is 13.2. The van der Waals surface area contributed by atoms with Crippen molar-refractivity contribution in [2.24, 2.45) is 16.6 Å². The topological polar surface area (TPSA) is 78.4 Å². The number of nitrogens with two attached hydrogens (primary N) is 2. The van der Waals surface area contributed by atoms with E-state index in [1.807, 2.05) is 0 Å². The monoisotopic (exact) mass is 259 g/mol. The van der Waals surface area contributed by atoms with Crippen LogP contribution in [0.1, 0.15) is 5.56 Å². The third-order valence-corrected chi connectivity index (χ3v) is 1.87. The molecule has 0 aliphatic rings. The van der Waals surface area contributed by atoms with Gasteiger partial charge in [-0.1, -0.05) is 15.9 Å². The lowest BCUT2D eigenvalue weighted by Crippen LogP contribution is -2.63. The Labute approximate surface area is 88.6 Å². The van der Waals surface area contributed by atoms with Crippen molar-refractivity contribution in [1.29, 1.82) is 0 Å². The highest BCUT2D eigenvalue weighted by atomic mass is 79.9. The van der Waals surface area contributed by atoms with Crippen molar-refractivity contribution in [2.75, 3.05) is 0 Å². The minimum atomic E-state index is -0.363. The second-order valence-corrected chi connectivity index (χ2v) is 3.39. The Hall–Kier alpha value is -1.43. The molecule has 0 radical (unpaired) electrons. The average Bonchev–Trinajstić information content (AvgIpc) is 2.08. The molecule has 0 atom stereocenters. The highest BCUT2D eigenvalue weighted by Crippen LogP contribution is 2.12. The van der Waals surface area contributed by atoms with Crippen molar-refractivity contribution in [2.45, 2.75) is 0 Å². The second-order valence-electron chi connectivity index (χ2n) is 2.48. The van der Waals surface area contributed by atoms with E-state index in [0.717, 1.165) is 0 Å². The molecule has 0 bridgehead atoms. The fourth-order valence-corrected chi connectivity index (χ4v) is 1.13. The molecule has 1 aromatic carbocycles. The van der Waals surface area contributed by atoms with Crippen LogP contribution in [0.5, 0.6) is 0 Å². The average molecular weight is 260 g/mol. The summed E-state index contributed by atoms with van der Waals surface area (Å²) in [6.07, 6.45) is 1.36. The summed E-state index contributed by atoms with van der Waals surface area (Å²) in [4.78, 5) is 0. The lowest BCUT2D eigenvalue weighted by Gasteiger charge is -1.92. The minimum Gasteiger partial charge on any atom is -0.365 e. The highest BCUT2D eigenvalue weighted by Gasteiger charge is 2.01. The van der Waals surface area contributed by atoms with Crippen LogP contribution in [0, 0.1) is 5.82 Å². The van der Waals surface area contributed by atoms with Gasteiger partial charge in [0.25, 0.3) is 5.96 Å². The number of rotatable bonds is 2. The molecule has 0 heterocycles. The van der Waals surface area contributed by atoms with E-state index in [9.17, 15) is 4.39 Å². The van der Waals surface area contributed by atoms with Gasteiger partial charge in [0.15, 0.2) is 0 Å². The van der Waals surface area contributed by atoms with Crippen LogP contribution in [0.25, 0.3) is 0 Å². The summed E-state index contributed by atoms with van der Waals surface area (Å²) in [5, 5.41) is 5.89. The number of nitrogens with zero attached hydrogens (tertiary/aromatic N) is 1. The Morgan fingerprint density at radius 3 is 2.79 bits per heavy atom. The summed E-state index contributed by atoms with van der Waals surface area (Å²) < 4.78 is 13.8. The number of guanidine groups is 1. The predicted octanol–water partition coefficient (Wildman–Crippen LogP) is -0.724. The number of halogens is 2. The van der Waals surface area contributed by atoms with Gasteiger partial charge in [0.1, 0.15) is 5.82 Å². The van der Waals surface area contributed by atoms with Gasteiger partial charge in [-0.05, 0) is 18.2 Å². The zero-order chi connectivity index (χ0) is 10.6. The molecular formula is C8H9BrFN4+. The molecule has 0 saturated heterocycles. The van der Waals surface area contributed by atoms with E-state index in [1.165, 1.54) is 12.3 Å². The summed E-state index contributed by atoms with van der Waals surface area (Å²) in [6, 6.07) is 4.66. The van der Waals surface area contributed by atoms with Gasteiger partial charge in [0, 0.05) is 9.57 Å². The molecule has 4 nitrogen and oxygen atoms in total. The summed E-state index contributed by atoms with van der Waals surface area (Å²) in [7, 11) is 0. The Morgan fingerprint density at radius 2 is 2.21 bits per heavy atom. The molecule has 74 valence electrons. The zero-order valence-corrected chi connectivity index (χ0v) is 8.75. The zero-order valence-electron chi connectivity index (χ0n) is 7.17. The molecule has 1 aromatic rings. The lowest BCUT2D eigenvalue weighted by atomic mass is 10.2. The molecule has 0 amide bonds. The molecule has 5 N–H and O–H groups in total. The van der Waals surface area contributed by atoms with Crippen molar-refractivity contribution in [3.63, 3.8) is 0 Å². The fourth-order valence-electron chi connectivity index (χ4n) is 0.795. The predicted molar refractivity (Wildman–Crippen MR) is 56.0 cm³/mol. The molecule has 14 heavy (non-hydrogen) atoms. The van der Waals surface area contributed by atoms with Crippen molar-refractivity contribution in [3.8, 4) is 0 Å². The smallest absolute Gasteiger partial charge is 0.256 e. The van der Waals surface area contributed by atoms with Gasteiger partial charge in [-0.2, -0.15) is 0 Å². The van der Waals surface area contributed by atoms with E-state index >= 15 is 0 Å². The van der Waals surface area contributed by atoms with Gasteiger partial charge < -0.3 is 11.5 Å². The minimum absolute atomic E-state index is 0.112. The van der Waals surface area contributed by atoms with Crippen LogP contribution < -0.4 is 16.6 Å². The van der Waals surface area contributed by atoms with Crippen molar-refractivity contribution in [1.82, 2.24) is 0 Å². The molecule has 0 saturated carbocycles. The van der Waals surface area contributed by atoms with E-state index in [2.05, 4.69) is 26.1 Å². The van der Waals surface area contributed by atoms with Gasteiger partial charge in [0.2, 0.25) is 6.21 Å². The Kier molecular flexibility index (Phi) is 3.58. The van der Waals surface area contributed by atoms with Gasteiger partial charge in [-0.15, -0.1) is 5.10 Å². The first-order valence-corrected chi connectivity index (χ1v) is 4.51. The molecule has 0 spiro atoms. The van der Waals surface area contributed by atoms with Gasteiger partial charge in [-0.25, -0.2) is 4.39 Å². The van der Waals surface area contributed by atoms with Gasteiger partial charge in [0.05, 0.1) is 5.56 Å². The third kappa shape index (κ3) is 3.14. The van der Waals surface area contributed by atoms with Gasteiger partial charge in [-0.3, -0.25) is 0 Å². The maximum Gasteiger partial charge on any atom is 0.256 e. The highest BCUT2D eigenvalue weighted by molar-refractivity contribution is 9.10. The van der Waals surface area contributed by atoms with Crippen molar-refractivity contribution < 1.29 is 9.49 Å². The summed E-state index contributed by atoms with van der Waals surface area (Å²) in [5.41, 5.74) is 10.5.